The highest BCUT2D eigenvalue weighted by Crippen LogP contribution is 2.37. The van der Waals surface area contributed by atoms with Gasteiger partial charge in [0.05, 0.1) is 24.3 Å². The molecule has 0 saturated carbocycles. The van der Waals surface area contributed by atoms with Gasteiger partial charge in [-0.2, -0.15) is 0 Å². The van der Waals surface area contributed by atoms with E-state index in [-0.39, 0.29) is 5.91 Å². The van der Waals surface area contributed by atoms with Crippen molar-refractivity contribution in [2.45, 2.75) is 71.6 Å². The zero-order valence-corrected chi connectivity index (χ0v) is 22.8. The van der Waals surface area contributed by atoms with Crippen LogP contribution >= 0.6 is 24.0 Å². The molecule has 3 rings (SSSR count). The molecule has 35 heavy (non-hydrogen) atoms. The van der Waals surface area contributed by atoms with Gasteiger partial charge in [-0.25, -0.2) is 0 Å². The fourth-order valence-corrected chi connectivity index (χ4v) is 5.29. The van der Waals surface area contributed by atoms with Gasteiger partial charge < -0.3 is 9.47 Å². The van der Waals surface area contributed by atoms with E-state index in [2.05, 4.69) is 26.0 Å². The van der Waals surface area contributed by atoms with Gasteiger partial charge in [0.2, 0.25) is 0 Å². The normalized spacial score (nSPS) is 14.7. The number of hydrogen-bond donors (Lipinski definition) is 0. The number of ether oxygens (including phenoxy) is 2. The highest BCUT2D eigenvalue weighted by Gasteiger charge is 2.33. The lowest BCUT2D eigenvalue weighted by atomic mass is 10.1. The van der Waals surface area contributed by atoms with Crippen molar-refractivity contribution >= 4 is 46.0 Å². The molecule has 1 saturated heterocycles. The molecule has 1 amide bonds. The van der Waals surface area contributed by atoms with Gasteiger partial charge in [-0.1, -0.05) is 94.6 Å². The summed E-state index contributed by atoms with van der Waals surface area (Å²) in [6, 6.07) is 13.9. The molecule has 0 spiro atoms. The molecule has 0 aromatic heterocycles. The molecule has 188 valence electrons. The van der Waals surface area contributed by atoms with Crippen molar-refractivity contribution in [3.05, 3.63) is 58.5 Å². The van der Waals surface area contributed by atoms with Crippen molar-refractivity contribution in [3.8, 4) is 11.5 Å². The van der Waals surface area contributed by atoms with Crippen molar-refractivity contribution in [2.24, 2.45) is 0 Å². The molecule has 1 heterocycles. The number of carbonyl (C=O) groups is 1. The number of nitrogens with zero attached hydrogens (tertiary/aromatic N) is 1. The van der Waals surface area contributed by atoms with Crippen LogP contribution in [0, 0.1) is 0 Å². The highest BCUT2D eigenvalue weighted by molar-refractivity contribution is 8.27. The number of carbonyl (C=O) groups excluding carboxylic acids is 1. The van der Waals surface area contributed by atoms with Gasteiger partial charge in [0.15, 0.2) is 15.8 Å². The second-order valence-corrected chi connectivity index (χ2v) is 10.5. The second kappa shape index (κ2) is 14.3. The van der Waals surface area contributed by atoms with Gasteiger partial charge in [-0.05, 0) is 60.7 Å². The Kier molecular flexibility index (Phi) is 11.1. The average molecular weight is 512 g/mol. The first-order valence-electron chi connectivity index (χ1n) is 12.7. The van der Waals surface area contributed by atoms with E-state index in [1.54, 1.807) is 12.0 Å². The summed E-state index contributed by atoms with van der Waals surface area (Å²) in [5.74, 6) is 1.31. The third-order valence-electron chi connectivity index (χ3n) is 6.05. The molecule has 0 unspecified atom stereocenters. The summed E-state index contributed by atoms with van der Waals surface area (Å²) in [5, 5.41) is 0. The highest BCUT2D eigenvalue weighted by atomic mass is 32.2. The number of methoxy groups -OCH3 is 1. The largest absolute Gasteiger partial charge is 0.493 e. The number of rotatable bonds is 14. The number of unbranched alkanes of at least 4 members (excludes halogenated alkanes) is 6. The monoisotopic (exact) mass is 511 g/mol. The lowest BCUT2D eigenvalue weighted by Crippen LogP contribution is -2.27. The van der Waals surface area contributed by atoms with Crippen LogP contribution in [-0.4, -0.2) is 23.9 Å². The first-order chi connectivity index (χ1) is 17.1. The van der Waals surface area contributed by atoms with Crippen LogP contribution in [0.5, 0.6) is 11.5 Å². The van der Waals surface area contributed by atoms with Gasteiger partial charge >= 0.3 is 0 Å². The smallest absolute Gasteiger partial charge is 0.270 e. The molecule has 6 heteroatoms. The number of thiocarbonyl (C=S) groups is 1. The lowest BCUT2D eigenvalue weighted by Gasteiger charge is -2.15. The molecule has 1 fully saturated rings. The SMILES string of the molecule is CCCCCCCCOc1ccc(C=C2SC(=S)N(c3ccc(CCCC)cc3)C2=O)cc1OC. The summed E-state index contributed by atoms with van der Waals surface area (Å²) in [6.07, 6.45) is 12.6. The van der Waals surface area contributed by atoms with E-state index < -0.39 is 0 Å². The predicted molar refractivity (Wildman–Crippen MR) is 153 cm³/mol. The minimum atomic E-state index is -0.0938. The topological polar surface area (TPSA) is 38.8 Å². The fourth-order valence-electron chi connectivity index (χ4n) is 3.99. The zero-order chi connectivity index (χ0) is 25.0. The van der Waals surface area contributed by atoms with Crippen molar-refractivity contribution in [1.29, 1.82) is 0 Å². The summed E-state index contributed by atoms with van der Waals surface area (Å²) >= 11 is 6.87. The first kappa shape index (κ1) is 27.3. The van der Waals surface area contributed by atoms with Crippen LogP contribution in [-0.2, 0) is 11.2 Å². The maximum atomic E-state index is 13.2. The summed E-state index contributed by atoms with van der Waals surface area (Å²) in [6.45, 7) is 5.10. The van der Waals surface area contributed by atoms with E-state index >= 15 is 0 Å². The van der Waals surface area contributed by atoms with Crippen LogP contribution in [0.4, 0.5) is 5.69 Å². The predicted octanol–water partition coefficient (Wildman–Crippen LogP) is 8.18. The molecule has 1 aliphatic heterocycles. The number of anilines is 1. The van der Waals surface area contributed by atoms with E-state index in [0.717, 1.165) is 42.7 Å². The second-order valence-electron chi connectivity index (χ2n) is 8.81. The van der Waals surface area contributed by atoms with Gasteiger partial charge in [0, 0.05) is 0 Å². The molecule has 0 aliphatic carbocycles. The number of benzene rings is 2. The van der Waals surface area contributed by atoms with Gasteiger partial charge in [-0.3, -0.25) is 9.69 Å². The summed E-state index contributed by atoms with van der Waals surface area (Å²) < 4.78 is 12.1. The van der Waals surface area contributed by atoms with E-state index in [9.17, 15) is 4.79 Å². The Morgan fingerprint density at radius 2 is 1.63 bits per heavy atom. The van der Waals surface area contributed by atoms with Crippen LogP contribution in [0.2, 0.25) is 0 Å². The summed E-state index contributed by atoms with van der Waals surface area (Å²) in [4.78, 5) is 15.4. The molecular formula is C29H37NO3S2. The zero-order valence-electron chi connectivity index (χ0n) is 21.2. The van der Waals surface area contributed by atoms with Crippen molar-refractivity contribution in [1.82, 2.24) is 0 Å². The fraction of sp³-hybridized carbons (Fsp3) is 0.448. The lowest BCUT2D eigenvalue weighted by molar-refractivity contribution is -0.113. The number of amides is 1. The third-order valence-corrected chi connectivity index (χ3v) is 7.35. The summed E-state index contributed by atoms with van der Waals surface area (Å²) in [5.41, 5.74) is 2.97. The Hall–Kier alpha value is -2.31. The minimum absolute atomic E-state index is 0.0938. The Morgan fingerprint density at radius 3 is 2.34 bits per heavy atom. The summed E-state index contributed by atoms with van der Waals surface area (Å²) in [7, 11) is 1.64. The molecule has 0 radical (unpaired) electrons. The van der Waals surface area contributed by atoms with Crippen molar-refractivity contribution in [2.75, 3.05) is 18.6 Å². The van der Waals surface area contributed by atoms with E-state index in [4.69, 9.17) is 21.7 Å². The van der Waals surface area contributed by atoms with E-state index in [1.165, 1.54) is 49.4 Å². The number of thioether (sulfide) groups is 1. The Morgan fingerprint density at radius 1 is 0.914 bits per heavy atom. The quantitative estimate of drug-likeness (QED) is 0.145. The molecule has 2 aromatic rings. The molecule has 0 N–H and O–H groups in total. The van der Waals surface area contributed by atoms with E-state index in [0.29, 0.717) is 21.6 Å². The van der Waals surface area contributed by atoms with E-state index in [1.807, 2.05) is 36.4 Å². The van der Waals surface area contributed by atoms with Crippen molar-refractivity contribution < 1.29 is 14.3 Å². The Labute approximate surface area is 220 Å². The molecule has 0 atom stereocenters. The molecule has 4 nitrogen and oxygen atoms in total. The third kappa shape index (κ3) is 7.84. The van der Waals surface area contributed by atoms with Crippen LogP contribution in [0.15, 0.2) is 47.4 Å². The number of aryl methyl sites for hydroxylation is 1. The molecular weight excluding hydrogens is 474 g/mol. The van der Waals surface area contributed by atoms with Crippen molar-refractivity contribution in [3.63, 3.8) is 0 Å². The van der Waals surface area contributed by atoms with Gasteiger partial charge in [-0.15, -0.1) is 0 Å². The van der Waals surface area contributed by atoms with Crippen LogP contribution in [0.1, 0.15) is 76.3 Å². The van der Waals surface area contributed by atoms with Gasteiger partial charge in [0.1, 0.15) is 0 Å². The van der Waals surface area contributed by atoms with Gasteiger partial charge in [0.25, 0.3) is 5.91 Å². The standard InChI is InChI=1S/C29H37NO3S2/c1-4-6-8-9-10-11-19-33-25-18-15-23(20-26(25)32-3)21-27-28(31)30(29(34)35-27)24-16-13-22(14-17-24)12-7-5-2/h13-18,20-21H,4-12,19H2,1-3H3. The number of hydrogen-bond acceptors (Lipinski definition) is 5. The van der Waals surface area contributed by atoms with Crippen LogP contribution in [0.3, 0.4) is 0 Å². The average Bonchev–Trinajstić information content (AvgIpc) is 3.15. The Balaban J connectivity index is 1.63. The minimum Gasteiger partial charge on any atom is -0.493 e. The van der Waals surface area contributed by atoms with Crippen LogP contribution in [0.25, 0.3) is 6.08 Å². The first-order valence-corrected chi connectivity index (χ1v) is 14.0. The molecule has 2 aromatic carbocycles. The van der Waals surface area contributed by atoms with Crippen LogP contribution < -0.4 is 14.4 Å². The maximum Gasteiger partial charge on any atom is 0.270 e. The molecule has 0 bridgehead atoms. The maximum absolute atomic E-state index is 13.2. The molecule has 1 aliphatic rings. The Bertz CT molecular complexity index is 1020.